The SMILES string of the molecule is CCCC(C)NC(=O)C(C)NCCC1CCC1. The van der Waals surface area contributed by atoms with Gasteiger partial charge in [0.25, 0.3) is 0 Å². The standard InChI is InChI=1S/C14H28N2O/c1-4-6-11(2)16-14(17)12(3)15-10-9-13-7-5-8-13/h11-13,15H,4-10H2,1-3H3,(H,16,17). The van der Waals surface area contributed by atoms with Gasteiger partial charge in [0.2, 0.25) is 5.91 Å². The average molecular weight is 240 g/mol. The fourth-order valence-corrected chi connectivity index (χ4v) is 2.25. The average Bonchev–Trinajstić information content (AvgIpc) is 2.21. The molecule has 2 unspecified atom stereocenters. The maximum atomic E-state index is 11.8. The third kappa shape index (κ3) is 5.53. The fourth-order valence-electron chi connectivity index (χ4n) is 2.25. The summed E-state index contributed by atoms with van der Waals surface area (Å²) in [6.07, 6.45) is 7.56. The Morgan fingerprint density at radius 1 is 1.35 bits per heavy atom. The monoisotopic (exact) mass is 240 g/mol. The van der Waals surface area contributed by atoms with Gasteiger partial charge >= 0.3 is 0 Å². The minimum atomic E-state index is -0.0608. The Bertz CT molecular complexity index is 226. The Balaban J connectivity index is 2.08. The summed E-state index contributed by atoms with van der Waals surface area (Å²) >= 11 is 0. The van der Waals surface area contributed by atoms with E-state index in [9.17, 15) is 4.79 Å². The largest absolute Gasteiger partial charge is 0.352 e. The number of rotatable bonds is 8. The summed E-state index contributed by atoms with van der Waals surface area (Å²) in [5, 5.41) is 6.36. The zero-order valence-electron chi connectivity index (χ0n) is 11.6. The minimum Gasteiger partial charge on any atom is -0.352 e. The van der Waals surface area contributed by atoms with Crippen molar-refractivity contribution >= 4 is 5.91 Å². The Hall–Kier alpha value is -0.570. The van der Waals surface area contributed by atoms with Gasteiger partial charge in [0.1, 0.15) is 0 Å². The van der Waals surface area contributed by atoms with E-state index < -0.39 is 0 Å². The zero-order chi connectivity index (χ0) is 12.7. The van der Waals surface area contributed by atoms with Crippen molar-refractivity contribution in [1.82, 2.24) is 10.6 Å². The lowest BCUT2D eigenvalue weighted by Gasteiger charge is -2.26. The summed E-state index contributed by atoms with van der Waals surface area (Å²) in [4.78, 5) is 11.8. The molecule has 0 aromatic heterocycles. The van der Waals surface area contributed by atoms with Gasteiger partial charge in [0, 0.05) is 6.04 Å². The molecule has 1 aliphatic carbocycles. The number of carbonyl (C=O) groups is 1. The molecular weight excluding hydrogens is 212 g/mol. The molecule has 3 nitrogen and oxygen atoms in total. The van der Waals surface area contributed by atoms with Crippen molar-refractivity contribution in [2.24, 2.45) is 5.92 Å². The number of carbonyl (C=O) groups excluding carboxylic acids is 1. The first kappa shape index (κ1) is 14.5. The molecule has 0 spiro atoms. The van der Waals surface area contributed by atoms with Crippen molar-refractivity contribution < 1.29 is 4.79 Å². The van der Waals surface area contributed by atoms with Crippen molar-refractivity contribution in [3.05, 3.63) is 0 Å². The predicted octanol–water partition coefficient (Wildman–Crippen LogP) is 2.46. The van der Waals surface area contributed by atoms with Crippen molar-refractivity contribution in [1.29, 1.82) is 0 Å². The van der Waals surface area contributed by atoms with Crippen molar-refractivity contribution in [2.45, 2.75) is 71.4 Å². The maximum Gasteiger partial charge on any atom is 0.237 e. The van der Waals surface area contributed by atoms with E-state index in [1.807, 2.05) is 6.92 Å². The molecule has 0 aromatic carbocycles. The second-order valence-electron chi connectivity index (χ2n) is 5.46. The highest BCUT2D eigenvalue weighted by atomic mass is 16.2. The highest BCUT2D eigenvalue weighted by Crippen LogP contribution is 2.28. The van der Waals surface area contributed by atoms with Crippen LogP contribution in [0.2, 0.25) is 0 Å². The maximum absolute atomic E-state index is 11.8. The Morgan fingerprint density at radius 3 is 2.59 bits per heavy atom. The Kier molecular flexibility index (Phi) is 6.56. The lowest BCUT2D eigenvalue weighted by atomic mass is 9.83. The number of hydrogen-bond acceptors (Lipinski definition) is 2. The van der Waals surface area contributed by atoms with Gasteiger partial charge in [-0.3, -0.25) is 4.79 Å². The topological polar surface area (TPSA) is 41.1 Å². The van der Waals surface area contributed by atoms with Crippen LogP contribution in [0.5, 0.6) is 0 Å². The van der Waals surface area contributed by atoms with Crippen molar-refractivity contribution in [2.75, 3.05) is 6.54 Å². The summed E-state index contributed by atoms with van der Waals surface area (Å²) in [6.45, 7) is 7.14. The van der Waals surface area contributed by atoms with Gasteiger partial charge in [-0.2, -0.15) is 0 Å². The van der Waals surface area contributed by atoms with Crippen LogP contribution >= 0.6 is 0 Å². The molecule has 0 bridgehead atoms. The number of hydrogen-bond donors (Lipinski definition) is 2. The summed E-state index contributed by atoms with van der Waals surface area (Å²) in [5.74, 6) is 1.05. The van der Waals surface area contributed by atoms with Crippen molar-refractivity contribution in [3.8, 4) is 0 Å². The molecule has 0 aromatic rings. The quantitative estimate of drug-likeness (QED) is 0.684. The van der Waals surface area contributed by atoms with Crippen LogP contribution in [0.25, 0.3) is 0 Å². The van der Waals surface area contributed by atoms with Crippen LogP contribution in [0, 0.1) is 5.92 Å². The lowest BCUT2D eigenvalue weighted by Crippen LogP contribution is -2.46. The van der Waals surface area contributed by atoms with E-state index in [2.05, 4.69) is 24.5 Å². The first-order valence-corrected chi connectivity index (χ1v) is 7.17. The number of nitrogens with one attached hydrogen (secondary N) is 2. The van der Waals surface area contributed by atoms with E-state index in [4.69, 9.17) is 0 Å². The molecule has 1 saturated carbocycles. The van der Waals surface area contributed by atoms with Gasteiger partial charge in [-0.25, -0.2) is 0 Å². The van der Waals surface area contributed by atoms with E-state index in [1.54, 1.807) is 0 Å². The molecule has 2 atom stereocenters. The highest BCUT2D eigenvalue weighted by molar-refractivity contribution is 5.81. The van der Waals surface area contributed by atoms with Crippen LogP contribution in [0.3, 0.4) is 0 Å². The molecule has 100 valence electrons. The molecule has 17 heavy (non-hydrogen) atoms. The first-order valence-electron chi connectivity index (χ1n) is 7.17. The van der Waals surface area contributed by atoms with E-state index in [-0.39, 0.29) is 11.9 Å². The summed E-state index contributed by atoms with van der Waals surface area (Å²) < 4.78 is 0. The second kappa shape index (κ2) is 7.70. The van der Waals surface area contributed by atoms with Gasteiger partial charge in [-0.1, -0.05) is 32.6 Å². The van der Waals surface area contributed by atoms with E-state index >= 15 is 0 Å². The summed E-state index contributed by atoms with van der Waals surface area (Å²) in [6, 6.07) is 0.234. The Morgan fingerprint density at radius 2 is 2.06 bits per heavy atom. The predicted molar refractivity (Wildman–Crippen MR) is 71.9 cm³/mol. The zero-order valence-corrected chi connectivity index (χ0v) is 11.6. The molecule has 1 rings (SSSR count). The van der Waals surface area contributed by atoms with Crippen LogP contribution in [-0.2, 0) is 4.79 Å². The van der Waals surface area contributed by atoms with Crippen LogP contribution in [0.15, 0.2) is 0 Å². The van der Waals surface area contributed by atoms with Gasteiger partial charge in [0.15, 0.2) is 0 Å². The van der Waals surface area contributed by atoms with Crippen LogP contribution in [-0.4, -0.2) is 24.5 Å². The normalized spacial score (nSPS) is 19.5. The van der Waals surface area contributed by atoms with Crippen LogP contribution in [0.1, 0.15) is 59.3 Å². The summed E-state index contributed by atoms with van der Waals surface area (Å²) in [7, 11) is 0. The lowest BCUT2D eigenvalue weighted by molar-refractivity contribution is -0.123. The third-order valence-electron chi connectivity index (χ3n) is 3.73. The molecule has 0 heterocycles. The van der Waals surface area contributed by atoms with Crippen LogP contribution in [0.4, 0.5) is 0 Å². The molecular formula is C14H28N2O. The van der Waals surface area contributed by atoms with Crippen LogP contribution < -0.4 is 10.6 Å². The fraction of sp³-hybridized carbons (Fsp3) is 0.929. The molecule has 1 amide bonds. The minimum absolute atomic E-state index is 0.0608. The van der Waals surface area contributed by atoms with Gasteiger partial charge in [0.05, 0.1) is 6.04 Å². The molecule has 1 aliphatic rings. The smallest absolute Gasteiger partial charge is 0.237 e. The van der Waals surface area contributed by atoms with Gasteiger partial charge in [-0.05, 0) is 39.2 Å². The molecule has 3 heteroatoms. The highest BCUT2D eigenvalue weighted by Gasteiger charge is 2.18. The Labute approximate surface area is 106 Å². The van der Waals surface area contributed by atoms with E-state index in [1.165, 1.54) is 25.7 Å². The molecule has 0 aliphatic heterocycles. The molecule has 1 fully saturated rings. The van der Waals surface area contributed by atoms with E-state index in [0.29, 0.717) is 6.04 Å². The van der Waals surface area contributed by atoms with E-state index in [0.717, 1.165) is 25.3 Å². The van der Waals surface area contributed by atoms with Gasteiger partial charge in [-0.15, -0.1) is 0 Å². The number of amides is 1. The van der Waals surface area contributed by atoms with Gasteiger partial charge < -0.3 is 10.6 Å². The van der Waals surface area contributed by atoms with Crippen molar-refractivity contribution in [3.63, 3.8) is 0 Å². The molecule has 0 saturated heterocycles. The molecule has 2 N–H and O–H groups in total. The molecule has 0 radical (unpaired) electrons. The second-order valence-corrected chi connectivity index (χ2v) is 5.46. The third-order valence-corrected chi connectivity index (χ3v) is 3.73. The first-order chi connectivity index (χ1) is 8.13. The summed E-state index contributed by atoms with van der Waals surface area (Å²) in [5.41, 5.74) is 0.